The molecule has 1 atom stereocenters. The molecule has 5 nitrogen and oxygen atoms in total. The van der Waals surface area contributed by atoms with Crippen LogP contribution in [-0.4, -0.2) is 32.8 Å². The Bertz CT molecular complexity index is 652. The average Bonchev–Trinajstić information content (AvgIpc) is 3.17. The summed E-state index contributed by atoms with van der Waals surface area (Å²) in [6.07, 6.45) is 4.98. The third kappa shape index (κ3) is 1.78. The predicted molar refractivity (Wildman–Crippen MR) is 74.2 cm³/mol. The van der Waals surface area contributed by atoms with Crippen molar-refractivity contribution in [2.45, 2.75) is 12.5 Å². The number of aromatic nitrogens is 4. The van der Waals surface area contributed by atoms with Gasteiger partial charge in [-0.3, -0.25) is 4.68 Å². The van der Waals surface area contributed by atoms with E-state index in [4.69, 9.17) is 0 Å². The molecule has 1 N–H and O–H groups in total. The van der Waals surface area contributed by atoms with Crippen molar-refractivity contribution in [1.82, 2.24) is 19.7 Å². The summed E-state index contributed by atoms with van der Waals surface area (Å²) < 4.78 is 2.04. The standard InChI is InChI=1S/C14H15N5/c1-2-5-13-12(4-1)16-14(17-13)18-9-6-11(10-18)19-8-3-7-15-19/h1-5,7-8,11H,6,9-10H2,(H,16,17). The van der Waals surface area contributed by atoms with Gasteiger partial charge < -0.3 is 9.88 Å². The lowest BCUT2D eigenvalue weighted by Crippen LogP contribution is -2.22. The second-order valence-electron chi connectivity index (χ2n) is 4.95. The SMILES string of the molecule is c1ccc2[nH]c(N3CCC(n4cccn4)C3)nc2c1. The average molecular weight is 253 g/mol. The van der Waals surface area contributed by atoms with E-state index in [1.807, 2.05) is 41.3 Å². The molecule has 1 aliphatic rings. The molecular formula is C14H15N5. The van der Waals surface area contributed by atoms with E-state index in [1.165, 1.54) is 0 Å². The monoisotopic (exact) mass is 253 g/mol. The molecule has 0 spiro atoms. The van der Waals surface area contributed by atoms with Crippen LogP contribution in [0.4, 0.5) is 5.95 Å². The van der Waals surface area contributed by atoms with Gasteiger partial charge in [0.05, 0.1) is 17.1 Å². The van der Waals surface area contributed by atoms with E-state index in [0.29, 0.717) is 6.04 Å². The molecule has 5 heteroatoms. The zero-order valence-electron chi connectivity index (χ0n) is 10.5. The first kappa shape index (κ1) is 10.6. The highest BCUT2D eigenvalue weighted by Gasteiger charge is 2.25. The molecule has 4 rings (SSSR count). The van der Waals surface area contributed by atoms with Crippen LogP contribution in [0.2, 0.25) is 0 Å². The Balaban J connectivity index is 1.60. The van der Waals surface area contributed by atoms with Crippen molar-refractivity contribution in [3.05, 3.63) is 42.7 Å². The van der Waals surface area contributed by atoms with Crippen molar-refractivity contribution >= 4 is 17.0 Å². The molecule has 2 aromatic heterocycles. The lowest BCUT2D eigenvalue weighted by Gasteiger charge is -2.15. The molecule has 0 amide bonds. The topological polar surface area (TPSA) is 49.7 Å². The summed E-state index contributed by atoms with van der Waals surface area (Å²) >= 11 is 0. The fourth-order valence-electron chi connectivity index (χ4n) is 2.74. The number of para-hydroxylation sites is 2. The van der Waals surface area contributed by atoms with Crippen LogP contribution in [0.5, 0.6) is 0 Å². The smallest absolute Gasteiger partial charge is 0.203 e. The minimum atomic E-state index is 0.447. The number of nitrogens with zero attached hydrogens (tertiary/aromatic N) is 4. The normalized spacial score (nSPS) is 19.4. The lowest BCUT2D eigenvalue weighted by atomic mass is 10.3. The van der Waals surface area contributed by atoms with Crippen LogP contribution in [0.15, 0.2) is 42.7 Å². The number of H-pyrrole nitrogens is 1. The number of anilines is 1. The molecule has 96 valence electrons. The highest BCUT2D eigenvalue weighted by molar-refractivity contribution is 5.77. The molecule has 0 radical (unpaired) electrons. The quantitative estimate of drug-likeness (QED) is 0.761. The molecule has 1 aromatic carbocycles. The zero-order valence-corrected chi connectivity index (χ0v) is 10.5. The molecule has 1 fully saturated rings. The van der Waals surface area contributed by atoms with Crippen LogP contribution in [0.3, 0.4) is 0 Å². The molecule has 3 heterocycles. The second kappa shape index (κ2) is 4.12. The number of rotatable bonds is 2. The molecule has 3 aromatic rings. The molecule has 0 bridgehead atoms. The largest absolute Gasteiger partial charge is 0.340 e. The summed E-state index contributed by atoms with van der Waals surface area (Å²) in [5, 5.41) is 4.33. The first-order valence-electron chi connectivity index (χ1n) is 6.59. The lowest BCUT2D eigenvalue weighted by molar-refractivity contribution is 0.494. The molecule has 1 unspecified atom stereocenters. The fourth-order valence-corrected chi connectivity index (χ4v) is 2.74. The van der Waals surface area contributed by atoms with Gasteiger partial charge in [0.2, 0.25) is 5.95 Å². The minimum absolute atomic E-state index is 0.447. The van der Waals surface area contributed by atoms with E-state index in [1.54, 1.807) is 0 Å². The van der Waals surface area contributed by atoms with Crippen LogP contribution >= 0.6 is 0 Å². The Morgan fingerprint density at radius 1 is 1.21 bits per heavy atom. The maximum Gasteiger partial charge on any atom is 0.203 e. The van der Waals surface area contributed by atoms with E-state index in [9.17, 15) is 0 Å². The summed E-state index contributed by atoms with van der Waals surface area (Å²) in [5.74, 6) is 0.968. The van der Waals surface area contributed by atoms with Gasteiger partial charge in [0.25, 0.3) is 0 Å². The van der Waals surface area contributed by atoms with Crippen LogP contribution in [0.1, 0.15) is 12.5 Å². The molecule has 1 saturated heterocycles. The number of hydrogen-bond donors (Lipinski definition) is 1. The summed E-state index contributed by atoms with van der Waals surface area (Å²) in [6.45, 7) is 1.98. The van der Waals surface area contributed by atoms with Gasteiger partial charge in [-0.15, -0.1) is 0 Å². The summed E-state index contributed by atoms with van der Waals surface area (Å²) in [6, 6.07) is 10.6. The maximum absolute atomic E-state index is 4.65. The van der Waals surface area contributed by atoms with Crippen molar-refractivity contribution in [2.24, 2.45) is 0 Å². The van der Waals surface area contributed by atoms with E-state index in [0.717, 1.165) is 36.5 Å². The van der Waals surface area contributed by atoms with Gasteiger partial charge in [0, 0.05) is 25.5 Å². The van der Waals surface area contributed by atoms with Gasteiger partial charge in [-0.25, -0.2) is 4.98 Å². The highest BCUT2D eigenvalue weighted by atomic mass is 15.4. The number of fused-ring (bicyclic) bond motifs is 1. The maximum atomic E-state index is 4.65. The van der Waals surface area contributed by atoms with Crippen molar-refractivity contribution in [3.63, 3.8) is 0 Å². The Labute approximate surface area is 110 Å². The third-order valence-electron chi connectivity index (χ3n) is 3.74. The molecular weight excluding hydrogens is 238 g/mol. The van der Waals surface area contributed by atoms with E-state index < -0.39 is 0 Å². The summed E-state index contributed by atoms with van der Waals surface area (Å²) in [4.78, 5) is 10.3. The second-order valence-corrected chi connectivity index (χ2v) is 4.95. The summed E-state index contributed by atoms with van der Waals surface area (Å²) in [5.41, 5.74) is 2.13. The predicted octanol–water partition coefficient (Wildman–Crippen LogP) is 2.21. The van der Waals surface area contributed by atoms with Crippen molar-refractivity contribution in [2.75, 3.05) is 18.0 Å². The number of nitrogens with one attached hydrogen (secondary N) is 1. The Kier molecular flexibility index (Phi) is 2.30. The van der Waals surface area contributed by atoms with E-state index >= 15 is 0 Å². The number of hydrogen-bond acceptors (Lipinski definition) is 3. The van der Waals surface area contributed by atoms with Gasteiger partial charge in [-0.2, -0.15) is 5.10 Å². The Morgan fingerprint density at radius 2 is 2.16 bits per heavy atom. The Morgan fingerprint density at radius 3 is 3.00 bits per heavy atom. The molecule has 19 heavy (non-hydrogen) atoms. The van der Waals surface area contributed by atoms with Crippen LogP contribution in [-0.2, 0) is 0 Å². The van der Waals surface area contributed by atoms with Gasteiger partial charge in [0.1, 0.15) is 0 Å². The Hall–Kier alpha value is -2.30. The van der Waals surface area contributed by atoms with Crippen LogP contribution < -0.4 is 4.90 Å². The van der Waals surface area contributed by atoms with Crippen molar-refractivity contribution < 1.29 is 0 Å². The number of imidazole rings is 1. The minimum Gasteiger partial charge on any atom is -0.340 e. The van der Waals surface area contributed by atoms with Crippen LogP contribution in [0, 0.1) is 0 Å². The van der Waals surface area contributed by atoms with Gasteiger partial charge in [0.15, 0.2) is 0 Å². The van der Waals surface area contributed by atoms with Gasteiger partial charge in [-0.05, 0) is 24.6 Å². The fraction of sp³-hybridized carbons (Fsp3) is 0.286. The zero-order chi connectivity index (χ0) is 12.7. The van der Waals surface area contributed by atoms with E-state index in [2.05, 4.69) is 26.0 Å². The number of aromatic amines is 1. The summed E-state index contributed by atoms with van der Waals surface area (Å²) in [7, 11) is 0. The first-order chi connectivity index (χ1) is 9.40. The molecule has 0 saturated carbocycles. The van der Waals surface area contributed by atoms with Gasteiger partial charge in [-0.1, -0.05) is 12.1 Å². The van der Waals surface area contributed by atoms with Crippen molar-refractivity contribution in [1.29, 1.82) is 0 Å². The van der Waals surface area contributed by atoms with Crippen molar-refractivity contribution in [3.8, 4) is 0 Å². The van der Waals surface area contributed by atoms with E-state index in [-0.39, 0.29) is 0 Å². The first-order valence-corrected chi connectivity index (χ1v) is 6.59. The number of benzene rings is 1. The molecule has 0 aliphatic carbocycles. The highest BCUT2D eigenvalue weighted by Crippen LogP contribution is 2.26. The third-order valence-corrected chi connectivity index (χ3v) is 3.74. The van der Waals surface area contributed by atoms with Gasteiger partial charge >= 0.3 is 0 Å². The molecule has 1 aliphatic heterocycles. The van der Waals surface area contributed by atoms with Crippen LogP contribution in [0.25, 0.3) is 11.0 Å².